The molecule has 2 heterocycles. The number of H-pyrrole nitrogens is 1. The molecule has 84 valence electrons. The number of esters is 1. The summed E-state index contributed by atoms with van der Waals surface area (Å²) in [4.78, 5) is 26.2. The molecule has 4 nitrogen and oxygen atoms in total. The van der Waals surface area contributed by atoms with Gasteiger partial charge in [-0.1, -0.05) is 0 Å². The van der Waals surface area contributed by atoms with Crippen LogP contribution in [0.4, 0.5) is 0 Å². The van der Waals surface area contributed by atoms with Gasteiger partial charge >= 0.3 is 5.97 Å². The maximum Gasteiger partial charge on any atom is 0.348 e. The van der Waals surface area contributed by atoms with E-state index in [1.807, 2.05) is 0 Å². The number of carbonyl (C=O) groups is 1. The summed E-state index contributed by atoms with van der Waals surface area (Å²) in [5.41, 5.74) is 0.469. The van der Waals surface area contributed by atoms with E-state index in [-0.39, 0.29) is 5.56 Å². The molecule has 0 unspecified atom stereocenters. The van der Waals surface area contributed by atoms with E-state index < -0.39 is 5.97 Å². The third-order valence-corrected chi connectivity index (χ3v) is 4.48. The second-order valence-corrected chi connectivity index (χ2v) is 5.09. The Morgan fingerprint density at radius 2 is 2.25 bits per heavy atom. The van der Waals surface area contributed by atoms with Crippen molar-refractivity contribution in [1.82, 2.24) is 4.98 Å². The van der Waals surface area contributed by atoms with Crippen LogP contribution >= 0.6 is 27.3 Å². The zero-order chi connectivity index (χ0) is 11.9. The standard InChI is InChI=1S/C10H8BrNO3S/c1-4-6-8(5(11)3-12-9(6)13)16-7(4)10(14)15-2/h3H,1-2H3,(H,12,13). The van der Waals surface area contributed by atoms with Crippen molar-refractivity contribution in [2.75, 3.05) is 7.11 Å². The van der Waals surface area contributed by atoms with Crippen LogP contribution in [-0.2, 0) is 4.74 Å². The summed E-state index contributed by atoms with van der Waals surface area (Å²) >= 11 is 4.59. The minimum Gasteiger partial charge on any atom is -0.465 e. The van der Waals surface area contributed by atoms with Gasteiger partial charge in [-0.05, 0) is 28.4 Å². The van der Waals surface area contributed by atoms with Gasteiger partial charge in [0.05, 0.1) is 21.7 Å². The average molecular weight is 302 g/mol. The lowest BCUT2D eigenvalue weighted by atomic mass is 10.2. The molecule has 0 amide bonds. The fourth-order valence-corrected chi connectivity index (χ4v) is 3.19. The van der Waals surface area contributed by atoms with Gasteiger partial charge in [-0.15, -0.1) is 11.3 Å². The van der Waals surface area contributed by atoms with Gasteiger partial charge < -0.3 is 9.72 Å². The second kappa shape index (κ2) is 4.03. The number of hydrogen-bond donors (Lipinski definition) is 1. The summed E-state index contributed by atoms with van der Waals surface area (Å²) in [5, 5.41) is 0.541. The largest absolute Gasteiger partial charge is 0.465 e. The maximum absolute atomic E-state index is 11.7. The monoisotopic (exact) mass is 301 g/mol. The lowest BCUT2D eigenvalue weighted by Crippen LogP contribution is -2.06. The van der Waals surface area contributed by atoms with Crippen molar-refractivity contribution in [3.05, 3.63) is 31.5 Å². The number of pyridine rings is 1. The van der Waals surface area contributed by atoms with E-state index >= 15 is 0 Å². The highest BCUT2D eigenvalue weighted by atomic mass is 79.9. The molecule has 2 rings (SSSR count). The normalized spacial score (nSPS) is 10.7. The summed E-state index contributed by atoms with van der Waals surface area (Å²) in [6.07, 6.45) is 1.57. The molecule has 0 aliphatic rings. The Balaban J connectivity index is 2.88. The third-order valence-electron chi connectivity index (χ3n) is 2.29. The van der Waals surface area contributed by atoms with Crippen LogP contribution < -0.4 is 5.56 Å². The first-order valence-corrected chi connectivity index (χ1v) is 6.05. The molecule has 0 aliphatic heterocycles. The van der Waals surface area contributed by atoms with Gasteiger partial charge in [0.15, 0.2) is 0 Å². The molecule has 0 spiro atoms. The van der Waals surface area contributed by atoms with E-state index in [9.17, 15) is 9.59 Å². The van der Waals surface area contributed by atoms with Crippen LogP contribution in [0.3, 0.4) is 0 Å². The Bertz CT molecular complexity index is 629. The van der Waals surface area contributed by atoms with Crippen LogP contribution in [0, 0.1) is 6.92 Å². The van der Waals surface area contributed by atoms with Crippen LogP contribution in [0.15, 0.2) is 15.5 Å². The zero-order valence-electron chi connectivity index (χ0n) is 8.59. The predicted octanol–water partition coefficient (Wildman–Crippen LogP) is 2.45. The Morgan fingerprint density at radius 1 is 1.56 bits per heavy atom. The van der Waals surface area contributed by atoms with Gasteiger partial charge in [0.2, 0.25) is 0 Å². The van der Waals surface area contributed by atoms with Crippen LogP contribution in [0.2, 0.25) is 0 Å². The summed E-state index contributed by atoms with van der Waals surface area (Å²) in [6.45, 7) is 1.74. The highest BCUT2D eigenvalue weighted by Gasteiger charge is 2.19. The molecule has 2 aromatic heterocycles. The van der Waals surface area contributed by atoms with Gasteiger partial charge in [0, 0.05) is 6.20 Å². The summed E-state index contributed by atoms with van der Waals surface area (Å²) in [7, 11) is 1.32. The molecule has 0 radical (unpaired) electrons. The van der Waals surface area contributed by atoms with Gasteiger partial charge in [-0.25, -0.2) is 4.79 Å². The summed E-state index contributed by atoms with van der Waals surface area (Å²) < 4.78 is 6.20. The molecule has 0 aliphatic carbocycles. The van der Waals surface area contributed by atoms with Crippen molar-refractivity contribution in [3.63, 3.8) is 0 Å². The Morgan fingerprint density at radius 3 is 2.81 bits per heavy atom. The van der Waals surface area contributed by atoms with Crippen molar-refractivity contribution in [2.24, 2.45) is 0 Å². The van der Waals surface area contributed by atoms with Gasteiger partial charge in [0.25, 0.3) is 5.56 Å². The van der Waals surface area contributed by atoms with E-state index in [2.05, 4.69) is 25.7 Å². The summed E-state index contributed by atoms with van der Waals surface area (Å²) in [5.74, 6) is -0.412. The van der Waals surface area contributed by atoms with Crippen LogP contribution in [0.5, 0.6) is 0 Å². The quantitative estimate of drug-likeness (QED) is 0.823. The molecule has 0 atom stereocenters. The average Bonchev–Trinajstić information content (AvgIpc) is 2.62. The van der Waals surface area contributed by atoms with Crippen LogP contribution in [0.1, 0.15) is 15.2 Å². The number of hydrogen-bond acceptors (Lipinski definition) is 4. The predicted molar refractivity (Wildman–Crippen MR) is 66.2 cm³/mol. The van der Waals surface area contributed by atoms with Gasteiger partial charge in [-0.2, -0.15) is 0 Å². The SMILES string of the molecule is COC(=O)c1sc2c(Br)c[nH]c(=O)c2c1C. The van der Waals surface area contributed by atoms with E-state index in [0.29, 0.717) is 15.8 Å². The number of carbonyl (C=O) groups excluding carboxylic acids is 1. The molecule has 0 bridgehead atoms. The lowest BCUT2D eigenvalue weighted by Gasteiger charge is -1.95. The van der Waals surface area contributed by atoms with E-state index in [0.717, 1.165) is 9.17 Å². The highest BCUT2D eigenvalue weighted by Crippen LogP contribution is 2.33. The minimum absolute atomic E-state index is 0.192. The van der Waals surface area contributed by atoms with E-state index in [1.165, 1.54) is 18.4 Å². The fraction of sp³-hybridized carbons (Fsp3) is 0.200. The molecule has 16 heavy (non-hydrogen) atoms. The number of rotatable bonds is 1. The van der Waals surface area contributed by atoms with Gasteiger partial charge in [0.1, 0.15) is 4.88 Å². The first-order chi connectivity index (χ1) is 7.56. The third kappa shape index (κ3) is 1.58. The highest BCUT2D eigenvalue weighted by molar-refractivity contribution is 9.10. The number of fused-ring (bicyclic) bond motifs is 1. The van der Waals surface area contributed by atoms with Crippen molar-refractivity contribution >= 4 is 43.3 Å². The van der Waals surface area contributed by atoms with Crippen molar-refractivity contribution in [3.8, 4) is 0 Å². The Kier molecular flexibility index (Phi) is 2.86. The topological polar surface area (TPSA) is 59.2 Å². The number of nitrogens with one attached hydrogen (secondary N) is 1. The molecule has 0 saturated carbocycles. The number of aromatic amines is 1. The molecule has 0 fully saturated rings. The van der Waals surface area contributed by atoms with Crippen LogP contribution in [0.25, 0.3) is 10.1 Å². The number of aryl methyl sites for hydroxylation is 1. The van der Waals surface area contributed by atoms with E-state index in [1.54, 1.807) is 13.1 Å². The second-order valence-electron chi connectivity index (χ2n) is 3.22. The first kappa shape index (κ1) is 11.3. The number of thiophene rings is 1. The van der Waals surface area contributed by atoms with Crippen molar-refractivity contribution in [1.29, 1.82) is 0 Å². The van der Waals surface area contributed by atoms with Crippen LogP contribution in [-0.4, -0.2) is 18.1 Å². The van der Waals surface area contributed by atoms with E-state index in [4.69, 9.17) is 0 Å². The maximum atomic E-state index is 11.7. The smallest absolute Gasteiger partial charge is 0.348 e. The van der Waals surface area contributed by atoms with Crippen molar-refractivity contribution < 1.29 is 9.53 Å². The lowest BCUT2D eigenvalue weighted by molar-refractivity contribution is 0.0605. The van der Waals surface area contributed by atoms with Crippen molar-refractivity contribution in [2.45, 2.75) is 6.92 Å². The number of halogens is 1. The number of aromatic nitrogens is 1. The fourth-order valence-electron chi connectivity index (χ4n) is 1.51. The summed E-state index contributed by atoms with van der Waals surface area (Å²) in [6, 6.07) is 0. The minimum atomic E-state index is -0.412. The molecule has 6 heteroatoms. The number of ether oxygens (including phenoxy) is 1. The Labute approximate surface area is 103 Å². The molecule has 2 aromatic rings. The molecular formula is C10H8BrNO3S. The first-order valence-electron chi connectivity index (χ1n) is 4.45. The van der Waals surface area contributed by atoms with Gasteiger partial charge in [-0.3, -0.25) is 4.79 Å². The molecular weight excluding hydrogens is 294 g/mol. The molecule has 0 saturated heterocycles. The number of methoxy groups -OCH3 is 1. The molecule has 0 aromatic carbocycles. The molecule has 1 N–H and O–H groups in total. The zero-order valence-corrected chi connectivity index (χ0v) is 11.0. The Hall–Kier alpha value is -1.14.